The summed E-state index contributed by atoms with van der Waals surface area (Å²) in [5.41, 5.74) is 1.80. The Hall–Kier alpha value is -3.25. The Bertz CT molecular complexity index is 1710. The molecule has 1 heterocycles. The van der Waals surface area contributed by atoms with Gasteiger partial charge in [0.25, 0.3) is 5.91 Å². The highest BCUT2D eigenvalue weighted by molar-refractivity contribution is 7.91. The van der Waals surface area contributed by atoms with Crippen molar-refractivity contribution in [2.75, 3.05) is 13.1 Å². The number of hydrogen-bond acceptors (Lipinski definition) is 5. The molecule has 38 heavy (non-hydrogen) atoms. The normalized spacial score (nSPS) is 12.1. The molecule has 0 spiro atoms. The van der Waals surface area contributed by atoms with Crippen molar-refractivity contribution in [3.63, 3.8) is 0 Å². The van der Waals surface area contributed by atoms with Crippen molar-refractivity contribution in [3.8, 4) is 0 Å². The molecule has 3 aromatic carbocycles. The zero-order chi connectivity index (χ0) is 27.7. The number of sulfonamides is 1. The van der Waals surface area contributed by atoms with E-state index < -0.39 is 31.6 Å². The minimum absolute atomic E-state index is 0.00394. The molecule has 0 saturated carbocycles. The number of aromatic nitrogens is 1. The van der Waals surface area contributed by atoms with Gasteiger partial charge in [0.15, 0.2) is 0 Å². The van der Waals surface area contributed by atoms with Gasteiger partial charge in [-0.1, -0.05) is 17.7 Å². The first-order chi connectivity index (χ1) is 17.9. The standard InChI is InChI=1S/C26H25ClFN3O5S2/c1-16-12-17(2)14-21(13-16)37(33,34)25-22-15-18(27)4-9-23(22)31-24(25)26(32)29-10-3-11-30-38(35,36)20-7-5-19(28)6-8-20/h4-9,12-15,30-31H,3,10-11H2,1-2H3,(H,29,32). The third kappa shape index (κ3) is 5.91. The third-order valence-electron chi connectivity index (χ3n) is 5.77. The second kappa shape index (κ2) is 10.9. The number of aromatic amines is 1. The molecule has 8 nitrogen and oxygen atoms in total. The Kier molecular flexibility index (Phi) is 7.93. The van der Waals surface area contributed by atoms with Crippen LogP contribution in [0.2, 0.25) is 5.02 Å². The van der Waals surface area contributed by atoms with Crippen LogP contribution >= 0.6 is 11.6 Å². The van der Waals surface area contributed by atoms with Gasteiger partial charge in [0.05, 0.1) is 9.79 Å². The molecule has 0 aliphatic heterocycles. The van der Waals surface area contributed by atoms with E-state index in [0.717, 1.165) is 35.4 Å². The number of rotatable bonds is 9. The highest BCUT2D eigenvalue weighted by Crippen LogP contribution is 2.34. The Morgan fingerprint density at radius 2 is 1.55 bits per heavy atom. The van der Waals surface area contributed by atoms with Gasteiger partial charge >= 0.3 is 0 Å². The smallest absolute Gasteiger partial charge is 0.269 e. The summed E-state index contributed by atoms with van der Waals surface area (Å²) in [5.74, 6) is -1.22. The van der Waals surface area contributed by atoms with E-state index in [2.05, 4.69) is 15.0 Å². The topological polar surface area (TPSA) is 125 Å². The summed E-state index contributed by atoms with van der Waals surface area (Å²) in [4.78, 5) is 15.8. The predicted molar refractivity (Wildman–Crippen MR) is 143 cm³/mol. The molecule has 4 rings (SSSR count). The maximum absolute atomic E-state index is 13.7. The van der Waals surface area contributed by atoms with E-state index in [-0.39, 0.29) is 45.3 Å². The fraction of sp³-hybridized carbons (Fsp3) is 0.192. The van der Waals surface area contributed by atoms with Crippen molar-refractivity contribution < 1.29 is 26.0 Å². The van der Waals surface area contributed by atoms with Crippen molar-refractivity contribution in [1.82, 2.24) is 15.0 Å². The molecule has 4 aromatic rings. The number of aryl methyl sites for hydroxylation is 2. The van der Waals surface area contributed by atoms with Crippen molar-refractivity contribution in [2.24, 2.45) is 0 Å². The van der Waals surface area contributed by atoms with E-state index in [1.165, 1.54) is 6.07 Å². The summed E-state index contributed by atoms with van der Waals surface area (Å²) in [6.45, 7) is 3.63. The Morgan fingerprint density at radius 1 is 0.895 bits per heavy atom. The van der Waals surface area contributed by atoms with Gasteiger partial charge in [0.2, 0.25) is 19.9 Å². The second-order valence-corrected chi connectivity index (χ2v) is 12.9. The number of hydrogen-bond donors (Lipinski definition) is 3. The van der Waals surface area contributed by atoms with Gasteiger partial charge in [-0.3, -0.25) is 4.79 Å². The van der Waals surface area contributed by atoms with E-state index in [1.807, 2.05) is 6.07 Å². The number of nitrogens with one attached hydrogen (secondary N) is 3. The van der Waals surface area contributed by atoms with Crippen LogP contribution in [0.5, 0.6) is 0 Å². The number of sulfone groups is 1. The van der Waals surface area contributed by atoms with E-state index >= 15 is 0 Å². The van der Waals surface area contributed by atoms with E-state index in [1.54, 1.807) is 38.1 Å². The third-order valence-corrected chi connectivity index (χ3v) is 9.30. The Morgan fingerprint density at radius 3 is 2.21 bits per heavy atom. The lowest BCUT2D eigenvalue weighted by atomic mass is 10.2. The number of amides is 1. The molecule has 0 fully saturated rings. The molecule has 0 bridgehead atoms. The van der Waals surface area contributed by atoms with E-state index in [0.29, 0.717) is 10.5 Å². The maximum Gasteiger partial charge on any atom is 0.269 e. The first-order valence-electron chi connectivity index (χ1n) is 11.6. The van der Waals surface area contributed by atoms with Crippen LogP contribution in [0.4, 0.5) is 4.39 Å². The second-order valence-electron chi connectivity index (χ2n) is 8.81. The highest BCUT2D eigenvalue weighted by atomic mass is 35.5. The van der Waals surface area contributed by atoms with Gasteiger partial charge < -0.3 is 10.3 Å². The van der Waals surface area contributed by atoms with Crippen molar-refractivity contribution in [3.05, 3.63) is 88.3 Å². The highest BCUT2D eigenvalue weighted by Gasteiger charge is 2.30. The Balaban J connectivity index is 1.54. The molecule has 0 aliphatic rings. The molecule has 0 aliphatic carbocycles. The molecule has 0 radical (unpaired) electrons. The number of halogens is 2. The zero-order valence-electron chi connectivity index (χ0n) is 20.5. The lowest BCUT2D eigenvalue weighted by Crippen LogP contribution is -2.30. The summed E-state index contributed by atoms with van der Waals surface area (Å²) in [6, 6.07) is 14.0. The van der Waals surface area contributed by atoms with Gasteiger partial charge in [-0.25, -0.2) is 25.9 Å². The fourth-order valence-corrected chi connectivity index (χ4v) is 7.10. The summed E-state index contributed by atoms with van der Waals surface area (Å²) in [6.07, 6.45) is 0.220. The molecule has 0 unspecified atom stereocenters. The molecule has 0 atom stereocenters. The molecule has 3 N–H and O–H groups in total. The van der Waals surface area contributed by atoms with E-state index in [9.17, 15) is 26.0 Å². The molecule has 1 amide bonds. The average Bonchev–Trinajstić information content (AvgIpc) is 3.23. The zero-order valence-corrected chi connectivity index (χ0v) is 22.9. The van der Waals surface area contributed by atoms with Gasteiger partial charge in [0.1, 0.15) is 16.4 Å². The number of H-pyrrole nitrogens is 1. The quantitative estimate of drug-likeness (QED) is 0.252. The van der Waals surface area contributed by atoms with Crippen LogP contribution in [0.1, 0.15) is 28.0 Å². The summed E-state index contributed by atoms with van der Waals surface area (Å²) >= 11 is 6.15. The van der Waals surface area contributed by atoms with Gasteiger partial charge in [-0.15, -0.1) is 0 Å². The molecule has 0 saturated heterocycles. The van der Waals surface area contributed by atoms with Gasteiger partial charge in [0, 0.05) is 29.0 Å². The molecule has 12 heteroatoms. The minimum Gasteiger partial charge on any atom is -0.351 e. The molecular formula is C26H25ClFN3O5S2. The fourth-order valence-electron chi connectivity index (χ4n) is 4.07. The summed E-state index contributed by atoms with van der Waals surface area (Å²) in [5, 5.41) is 3.24. The number of benzene rings is 3. The average molecular weight is 578 g/mol. The SMILES string of the molecule is Cc1cc(C)cc(S(=O)(=O)c2c(C(=O)NCCCNS(=O)(=O)c3ccc(F)cc3)[nH]c3ccc(Cl)cc23)c1. The monoisotopic (exact) mass is 577 g/mol. The van der Waals surface area contributed by atoms with Gasteiger partial charge in [-0.05, 0) is 86.0 Å². The molecule has 200 valence electrons. The largest absolute Gasteiger partial charge is 0.351 e. The van der Waals surface area contributed by atoms with Crippen LogP contribution in [-0.2, 0) is 19.9 Å². The minimum atomic E-state index is -4.12. The first-order valence-corrected chi connectivity index (χ1v) is 14.9. The summed E-state index contributed by atoms with van der Waals surface area (Å²) in [7, 11) is -7.96. The van der Waals surface area contributed by atoms with Crippen molar-refractivity contribution >= 4 is 48.3 Å². The lowest BCUT2D eigenvalue weighted by molar-refractivity contribution is 0.0946. The van der Waals surface area contributed by atoms with Crippen LogP contribution in [0.3, 0.4) is 0 Å². The van der Waals surface area contributed by atoms with E-state index in [4.69, 9.17) is 11.6 Å². The number of carbonyl (C=O) groups is 1. The predicted octanol–water partition coefficient (Wildman–Crippen LogP) is 4.51. The lowest BCUT2D eigenvalue weighted by Gasteiger charge is -2.10. The van der Waals surface area contributed by atoms with Crippen LogP contribution < -0.4 is 10.0 Å². The first kappa shape index (κ1) is 27.8. The van der Waals surface area contributed by atoms with Crippen molar-refractivity contribution in [1.29, 1.82) is 0 Å². The Labute approximate surface area is 225 Å². The summed E-state index contributed by atoms with van der Waals surface area (Å²) < 4.78 is 67.6. The molecule has 1 aromatic heterocycles. The van der Waals surface area contributed by atoms with Crippen molar-refractivity contribution in [2.45, 2.75) is 35.0 Å². The number of fused-ring (bicyclic) bond motifs is 1. The van der Waals surface area contributed by atoms with Crippen LogP contribution in [0.25, 0.3) is 10.9 Å². The number of carbonyl (C=O) groups excluding carboxylic acids is 1. The van der Waals surface area contributed by atoms with Crippen LogP contribution in [-0.4, -0.2) is 40.8 Å². The van der Waals surface area contributed by atoms with Crippen LogP contribution in [0.15, 0.2) is 75.4 Å². The maximum atomic E-state index is 13.7. The molecular weight excluding hydrogens is 553 g/mol. The van der Waals surface area contributed by atoms with Crippen LogP contribution in [0, 0.1) is 19.7 Å². The van der Waals surface area contributed by atoms with Gasteiger partial charge in [-0.2, -0.15) is 0 Å².